The summed E-state index contributed by atoms with van der Waals surface area (Å²) in [6.07, 6.45) is 3.45. The van der Waals surface area contributed by atoms with Crippen LogP contribution in [0.25, 0.3) is 0 Å². The van der Waals surface area contributed by atoms with Crippen molar-refractivity contribution in [1.29, 1.82) is 0 Å². The number of aryl methyl sites for hydroxylation is 2. The van der Waals surface area contributed by atoms with Crippen LogP contribution in [0.15, 0.2) is 46.2 Å². The monoisotopic (exact) mass is 269 g/mol. The first-order chi connectivity index (χ1) is 9.30. The quantitative estimate of drug-likeness (QED) is 0.682. The molecule has 0 aromatic heterocycles. The smallest absolute Gasteiger partial charge is 0.0529 e. The summed E-state index contributed by atoms with van der Waals surface area (Å²) in [5.41, 5.74) is 5.31. The molecular formula is C17H19NS. The van der Waals surface area contributed by atoms with Crippen molar-refractivity contribution < 1.29 is 0 Å². The summed E-state index contributed by atoms with van der Waals surface area (Å²) in [7, 11) is 0. The first-order valence-electron chi connectivity index (χ1n) is 7.01. The van der Waals surface area contributed by atoms with Gasteiger partial charge in [-0.05, 0) is 48.2 Å². The van der Waals surface area contributed by atoms with Gasteiger partial charge in [-0.15, -0.1) is 0 Å². The van der Waals surface area contributed by atoms with Crippen LogP contribution in [0, 0.1) is 0 Å². The van der Waals surface area contributed by atoms with Crippen molar-refractivity contribution in [3.05, 3.63) is 47.5 Å². The summed E-state index contributed by atoms with van der Waals surface area (Å²) >= 11 is 1.88. The predicted octanol–water partition coefficient (Wildman–Crippen LogP) is 5.41. The van der Waals surface area contributed by atoms with E-state index in [0.717, 1.165) is 12.8 Å². The van der Waals surface area contributed by atoms with E-state index in [1.165, 1.54) is 38.7 Å². The SMILES string of the molecule is CCCc1ccc2c(c1)Sc1ccc(CC)cc1N2. The van der Waals surface area contributed by atoms with Crippen LogP contribution in [0.3, 0.4) is 0 Å². The minimum Gasteiger partial charge on any atom is -0.354 e. The average molecular weight is 269 g/mol. The Labute approximate surface area is 119 Å². The third-order valence-corrected chi connectivity index (χ3v) is 4.66. The van der Waals surface area contributed by atoms with Crippen LogP contribution in [0.2, 0.25) is 0 Å². The van der Waals surface area contributed by atoms with Gasteiger partial charge in [0.05, 0.1) is 11.4 Å². The van der Waals surface area contributed by atoms with Crippen LogP contribution in [-0.4, -0.2) is 0 Å². The molecule has 1 nitrogen and oxygen atoms in total. The Hall–Kier alpha value is -1.41. The maximum Gasteiger partial charge on any atom is 0.0529 e. The molecule has 2 aromatic rings. The number of benzene rings is 2. The Morgan fingerprint density at radius 1 is 0.895 bits per heavy atom. The molecule has 19 heavy (non-hydrogen) atoms. The normalized spacial score (nSPS) is 12.5. The zero-order valence-electron chi connectivity index (χ0n) is 11.5. The largest absolute Gasteiger partial charge is 0.354 e. The van der Waals surface area contributed by atoms with Crippen molar-refractivity contribution >= 4 is 23.1 Å². The summed E-state index contributed by atoms with van der Waals surface area (Å²) in [4.78, 5) is 2.68. The summed E-state index contributed by atoms with van der Waals surface area (Å²) < 4.78 is 0. The third-order valence-electron chi connectivity index (χ3n) is 3.53. The van der Waals surface area contributed by atoms with Crippen molar-refractivity contribution in [2.45, 2.75) is 42.9 Å². The van der Waals surface area contributed by atoms with Crippen molar-refractivity contribution in [2.24, 2.45) is 0 Å². The van der Waals surface area contributed by atoms with Crippen molar-refractivity contribution in [3.8, 4) is 0 Å². The number of fused-ring (bicyclic) bond motifs is 2. The van der Waals surface area contributed by atoms with Gasteiger partial charge < -0.3 is 5.32 Å². The van der Waals surface area contributed by atoms with Crippen molar-refractivity contribution in [2.75, 3.05) is 5.32 Å². The van der Waals surface area contributed by atoms with Gasteiger partial charge in [0.25, 0.3) is 0 Å². The van der Waals surface area contributed by atoms with Gasteiger partial charge in [0.2, 0.25) is 0 Å². The van der Waals surface area contributed by atoms with Gasteiger partial charge in [-0.25, -0.2) is 0 Å². The van der Waals surface area contributed by atoms with E-state index >= 15 is 0 Å². The highest BCUT2D eigenvalue weighted by atomic mass is 32.2. The second-order valence-corrected chi connectivity index (χ2v) is 6.08. The molecule has 0 unspecified atom stereocenters. The van der Waals surface area contributed by atoms with Crippen LogP contribution in [0.4, 0.5) is 11.4 Å². The fourth-order valence-electron chi connectivity index (χ4n) is 2.45. The number of anilines is 2. The second kappa shape index (κ2) is 5.30. The van der Waals surface area contributed by atoms with E-state index in [-0.39, 0.29) is 0 Å². The molecule has 2 heteroatoms. The first kappa shape index (κ1) is 12.6. The average Bonchev–Trinajstić information content (AvgIpc) is 2.45. The highest BCUT2D eigenvalue weighted by Crippen LogP contribution is 2.44. The molecule has 98 valence electrons. The Kier molecular flexibility index (Phi) is 3.52. The molecule has 1 aliphatic rings. The lowest BCUT2D eigenvalue weighted by Gasteiger charge is -2.22. The molecule has 0 fully saturated rings. The van der Waals surface area contributed by atoms with E-state index in [0.29, 0.717) is 0 Å². The first-order valence-corrected chi connectivity index (χ1v) is 7.82. The molecule has 2 aromatic carbocycles. The maximum absolute atomic E-state index is 3.56. The van der Waals surface area contributed by atoms with Gasteiger partial charge in [0.15, 0.2) is 0 Å². The molecular weight excluding hydrogens is 250 g/mol. The van der Waals surface area contributed by atoms with E-state index in [9.17, 15) is 0 Å². The lowest BCUT2D eigenvalue weighted by atomic mass is 10.1. The van der Waals surface area contributed by atoms with Crippen molar-refractivity contribution in [3.63, 3.8) is 0 Å². The number of nitrogens with one attached hydrogen (secondary N) is 1. The molecule has 0 radical (unpaired) electrons. The molecule has 0 atom stereocenters. The van der Waals surface area contributed by atoms with Crippen LogP contribution in [0.5, 0.6) is 0 Å². The Bertz CT molecular complexity index is 604. The fraction of sp³-hybridized carbons (Fsp3) is 0.294. The van der Waals surface area contributed by atoms with Gasteiger partial charge in [-0.2, -0.15) is 0 Å². The summed E-state index contributed by atoms with van der Waals surface area (Å²) in [6.45, 7) is 4.43. The minimum atomic E-state index is 1.09. The third kappa shape index (κ3) is 2.50. The van der Waals surface area contributed by atoms with E-state index in [1.807, 2.05) is 11.8 Å². The Morgan fingerprint density at radius 2 is 1.74 bits per heavy atom. The summed E-state index contributed by atoms with van der Waals surface area (Å²) in [5, 5.41) is 3.56. The molecule has 0 saturated heterocycles. The second-order valence-electron chi connectivity index (χ2n) is 4.99. The predicted molar refractivity (Wildman–Crippen MR) is 83.7 cm³/mol. The zero-order valence-corrected chi connectivity index (χ0v) is 12.3. The van der Waals surface area contributed by atoms with Gasteiger partial charge in [0, 0.05) is 9.79 Å². The lowest BCUT2D eigenvalue weighted by molar-refractivity contribution is 0.918. The standard InChI is InChI=1S/C17H19NS/c1-3-5-13-6-8-14-17(11-13)19-16-9-7-12(4-2)10-15(16)18-14/h6-11,18H,3-5H2,1-2H3. The molecule has 0 aliphatic carbocycles. The highest BCUT2D eigenvalue weighted by molar-refractivity contribution is 7.99. The molecule has 1 heterocycles. The minimum absolute atomic E-state index is 1.09. The Balaban J connectivity index is 1.94. The molecule has 1 aliphatic heterocycles. The molecule has 0 spiro atoms. The van der Waals surface area contributed by atoms with Gasteiger partial charge in [0.1, 0.15) is 0 Å². The lowest BCUT2D eigenvalue weighted by Crippen LogP contribution is -2.01. The van der Waals surface area contributed by atoms with Crippen LogP contribution >= 0.6 is 11.8 Å². The molecule has 0 bridgehead atoms. The van der Waals surface area contributed by atoms with Crippen molar-refractivity contribution in [1.82, 2.24) is 0 Å². The summed E-state index contributed by atoms with van der Waals surface area (Å²) in [6, 6.07) is 13.5. The number of hydrogen-bond donors (Lipinski definition) is 1. The van der Waals surface area contributed by atoms with Gasteiger partial charge in [-0.3, -0.25) is 0 Å². The van der Waals surface area contributed by atoms with Crippen LogP contribution < -0.4 is 5.32 Å². The van der Waals surface area contributed by atoms with Crippen LogP contribution in [0.1, 0.15) is 31.4 Å². The molecule has 3 rings (SSSR count). The van der Waals surface area contributed by atoms with E-state index in [2.05, 4.69) is 55.6 Å². The van der Waals surface area contributed by atoms with E-state index < -0.39 is 0 Å². The molecule has 0 saturated carbocycles. The Morgan fingerprint density at radius 3 is 2.53 bits per heavy atom. The summed E-state index contributed by atoms with van der Waals surface area (Å²) in [5.74, 6) is 0. The topological polar surface area (TPSA) is 12.0 Å². The number of rotatable bonds is 3. The van der Waals surface area contributed by atoms with Crippen LogP contribution in [-0.2, 0) is 12.8 Å². The molecule has 1 N–H and O–H groups in total. The van der Waals surface area contributed by atoms with Gasteiger partial charge >= 0.3 is 0 Å². The number of hydrogen-bond acceptors (Lipinski definition) is 2. The zero-order chi connectivity index (χ0) is 13.2. The van der Waals surface area contributed by atoms with E-state index in [4.69, 9.17) is 0 Å². The fourth-order valence-corrected chi connectivity index (χ4v) is 3.48. The maximum atomic E-state index is 3.56. The highest BCUT2D eigenvalue weighted by Gasteiger charge is 2.15. The molecule has 0 amide bonds. The van der Waals surface area contributed by atoms with E-state index in [1.54, 1.807) is 0 Å². The van der Waals surface area contributed by atoms with Gasteiger partial charge in [-0.1, -0.05) is 44.2 Å².